The van der Waals surface area contributed by atoms with E-state index in [0.717, 1.165) is 18.1 Å². The lowest BCUT2D eigenvalue weighted by atomic mass is 10.4. The van der Waals surface area contributed by atoms with Crippen LogP contribution >= 0.6 is 0 Å². The van der Waals surface area contributed by atoms with Gasteiger partial charge in [-0.25, -0.2) is 4.98 Å². The van der Waals surface area contributed by atoms with Crippen LogP contribution < -0.4 is 10.1 Å². The molecule has 5 heteroatoms. The molecular weight excluding hydrogens is 218 g/mol. The third kappa shape index (κ3) is 4.82. The summed E-state index contributed by atoms with van der Waals surface area (Å²) in [6.07, 6.45) is 2.55. The molecule has 0 amide bonds. The van der Waals surface area contributed by atoms with Crippen molar-refractivity contribution in [1.82, 2.24) is 9.97 Å². The molecule has 0 unspecified atom stereocenters. The minimum absolute atomic E-state index is 0.484. The highest BCUT2D eigenvalue weighted by Crippen LogP contribution is 2.13. The van der Waals surface area contributed by atoms with Gasteiger partial charge in [0.1, 0.15) is 18.2 Å². The van der Waals surface area contributed by atoms with Crippen molar-refractivity contribution in [1.29, 1.82) is 0 Å². The first kappa shape index (κ1) is 13.4. The van der Waals surface area contributed by atoms with E-state index in [4.69, 9.17) is 9.47 Å². The molecule has 0 aliphatic rings. The molecular formula is C12H19N3O2. The zero-order chi connectivity index (χ0) is 12.5. The summed E-state index contributed by atoms with van der Waals surface area (Å²) < 4.78 is 10.4. The Morgan fingerprint density at radius 3 is 2.88 bits per heavy atom. The zero-order valence-corrected chi connectivity index (χ0v) is 10.4. The van der Waals surface area contributed by atoms with Crippen LogP contribution in [0.25, 0.3) is 0 Å². The molecule has 1 heterocycles. The molecule has 0 fully saturated rings. The van der Waals surface area contributed by atoms with Crippen molar-refractivity contribution in [3.8, 4) is 5.88 Å². The smallest absolute Gasteiger partial charge is 0.218 e. The highest BCUT2D eigenvalue weighted by molar-refractivity contribution is 5.39. The second-order valence-electron chi connectivity index (χ2n) is 3.37. The maximum absolute atomic E-state index is 5.47. The fourth-order valence-corrected chi connectivity index (χ4v) is 1.20. The van der Waals surface area contributed by atoms with E-state index in [0.29, 0.717) is 25.6 Å². The number of methoxy groups -OCH3 is 1. The maximum atomic E-state index is 5.47. The van der Waals surface area contributed by atoms with Crippen molar-refractivity contribution >= 4 is 5.82 Å². The van der Waals surface area contributed by atoms with Crippen molar-refractivity contribution < 1.29 is 9.47 Å². The lowest BCUT2D eigenvalue weighted by molar-refractivity contribution is 0.143. The second-order valence-corrected chi connectivity index (χ2v) is 3.37. The van der Waals surface area contributed by atoms with Crippen LogP contribution in [0.5, 0.6) is 5.88 Å². The van der Waals surface area contributed by atoms with Crippen molar-refractivity contribution in [3.63, 3.8) is 0 Å². The second kappa shape index (κ2) is 7.62. The molecule has 0 aliphatic heterocycles. The number of anilines is 1. The number of ether oxygens (including phenoxy) is 2. The van der Waals surface area contributed by atoms with Crippen molar-refractivity contribution in [3.05, 3.63) is 24.5 Å². The summed E-state index contributed by atoms with van der Waals surface area (Å²) in [7, 11) is 1.64. The fraction of sp³-hybridized carbons (Fsp3) is 0.500. The number of aromatic nitrogens is 2. The van der Waals surface area contributed by atoms with Gasteiger partial charge >= 0.3 is 0 Å². The van der Waals surface area contributed by atoms with Crippen molar-refractivity contribution in [2.24, 2.45) is 0 Å². The number of nitrogens with zero attached hydrogens (tertiary/aromatic N) is 2. The summed E-state index contributed by atoms with van der Waals surface area (Å²) in [6.45, 7) is 7.34. The normalized spacial score (nSPS) is 10.0. The van der Waals surface area contributed by atoms with E-state index >= 15 is 0 Å². The number of nitrogens with one attached hydrogen (secondary N) is 1. The highest BCUT2D eigenvalue weighted by Gasteiger charge is 2.03. The molecule has 0 bridgehead atoms. The summed E-state index contributed by atoms with van der Waals surface area (Å²) in [4.78, 5) is 8.61. The third-order valence-corrected chi connectivity index (χ3v) is 2.03. The van der Waals surface area contributed by atoms with Gasteiger partial charge in [0.2, 0.25) is 5.88 Å². The first-order chi connectivity index (χ1) is 8.30. The van der Waals surface area contributed by atoms with E-state index in [1.807, 2.05) is 6.92 Å². The van der Waals surface area contributed by atoms with Gasteiger partial charge in [-0.2, -0.15) is 4.98 Å². The summed E-state index contributed by atoms with van der Waals surface area (Å²) in [6, 6.07) is 1.78. The zero-order valence-electron chi connectivity index (χ0n) is 10.4. The molecule has 1 aromatic heterocycles. The van der Waals surface area contributed by atoms with Crippen LogP contribution in [0.4, 0.5) is 5.82 Å². The average molecular weight is 237 g/mol. The Hall–Kier alpha value is -1.62. The molecule has 5 nitrogen and oxygen atoms in total. The SMILES string of the molecule is C=CCNc1cc(OCCOC)nc(CC)n1. The van der Waals surface area contributed by atoms with Crippen LogP contribution in [-0.2, 0) is 11.2 Å². The predicted octanol–water partition coefficient (Wildman–Crippen LogP) is 1.66. The van der Waals surface area contributed by atoms with Crippen molar-refractivity contribution in [2.45, 2.75) is 13.3 Å². The lowest BCUT2D eigenvalue weighted by Gasteiger charge is -2.09. The molecule has 0 radical (unpaired) electrons. The number of hydrogen-bond acceptors (Lipinski definition) is 5. The van der Waals surface area contributed by atoms with Gasteiger partial charge in [0, 0.05) is 26.1 Å². The van der Waals surface area contributed by atoms with Gasteiger partial charge in [-0.15, -0.1) is 6.58 Å². The van der Waals surface area contributed by atoms with E-state index in [9.17, 15) is 0 Å². The Morgan fingerprint density at radius 2 is 2.24 bits per heavy atom. The molecule has 17 heavy (non-hydrogen) atoms. The maximum Gasteiger partial charge on any atom is 0.218 e. The minimum Gasteiger partial charge on any atom is -0.475 e. The molecule has 94 valence electrons. The van der Waals surface area contributed by atoms with Gasteiger partial charge in [0.05, 0.1) is 6.61 Å². The Kier molecular flexibility index (Phi) is 6.03. The Balaban J connectivity index is 2.70. The van der Waals surface area contributed by atoms with E-state index < -0.39 is 0 Å². The molecule has 0 saturated heterocycles. The minimum atomic E-state index is 0.484. The Bertz CT molecular complexity index is 356. The number of aryl methyl sites for hydroxylation is 1. The predicted molar refractivity (Wildman–Crippen MR) is 67.5 cm³/mol. The van der Waals surface area contributed by atoms with Crippen LogP contribution in [0.15, 0.2) is 18.7 Å². The van der Waals surface area contributed by atoms with Crippen LogP contribution in [-0.4, -0.2) is 36.8 Å². The van der Waals surface area contributed by atoms with Gasteiger partial charge in [0.15, 0.2) is 0 Å². The van der Waals surface area contributed by atoms with E-state index in [2.05, 4.69) is 21.9 Å². The van der Waals surface area contributed by atoms with Crippen molar-refractivity contribution in [2.75, 3.05) is 32.2 Å². The fourth-order valence-electron chi connectivity index (χ4n) is 1.20. The van der Waals surface area contributed by atoms with Gasteiger partial charge in [-0.05, 0) is 0 Å². The molecule has 0 saturated carbocycles. The topological polar surface area (TPSA) is 56.3 Å². The highest BCUT2D eigenvalue weighted by atomic mass is 16.5. The largest absolute Gasteiger partial charge is 0.475 e. The number of rotatable bonds is 8. The molecule has 1 N–H and O–H groups in total. The van der Waals surface area contributed by atoms with Gasteiger partial charge in [-0.3, -0.25) is 0 Å². The molecule has 0 atom stereocenters. The third-order valence-electron chi connectivity index (χ3n) is 2.03. The van der Waals surface area contributed by atoms with Crippen LogP contribution in [0.2, 0.25) is 0 Å². The first-order valence-corrected chi connectivity index (χ1v) is 5.64. The van der Waals surface area contributed by atoms with Crippen LogP contribution in [0, 0.1) is 0 Å². The Labute approximate surface area is 102 Å². The lowest BCUT2D eigenvalue weighted by Crippen LogP contribution is -2.09. The first-order valence-electron chi connectivity index (χ1n) is 5.64. The molecule has 0 aromatic carbocycles. The summed E-state index contributed by atoms with van der Waals surface area (Å²) in [5.41, 5.74) is 0. The quantitative estimate of drug-likeness (QED) is 0.550. The summed E-state index contributed by atoms with van der Waals surface area (Å²) in [5, 5.41) is 3.12. The number of hydrogen-bond donors (Lipinski definition) is 1. The monoisotopic (exact) mass is 237 g/mol. The molecule has 1 aromatic rings. The van der Waals surface area contributed by atoms with E-state index in [-0.39, 0.29) is 0 Å². The molecule has 1 rings (SSSR count). The van der Waals surface area contributed by atoms with Gasteiger partial charge in [0.25, 0.3) is 0 Å². The van der Waals surface area contributed by atoms with E-state index in [1.165, 1.54) is 0 Å². The van der Waals surface area contributed by atoms with Gasteiger partial charge < -0.3 is 14.8 Å². The Morgan fingerprint density at radius 1 is 1.41 bits per heavy atom. The molecule has 0 aliphatic carbocycles. The van der Waals surface area contributed by atoms with Crippen LogP contribution in [0.3, 0.4) is 0 Å². The van der Waals surface area contributed by atoms with Gasteiger partial charge in [-0.1, -0.05) is 13.0 Å². The summed E-state index contributed by atoms with van der Waals surface area (Å²) >= 11 is 0. The molecule has 0 spiro atoms. The standard InChI is InChI=1S/C12H19N3O2/c1-4-6-13-11-9-12(17-8-7-16-3)15-10(5-2)14-11/h4,9H,1,5-8H2,2-3H3,(H,13,14,15). The van der Waals surface area contributed by atoms with E-state index in [1.54, 1.807) is 19.3 Å². The summed E-state index contributed by atoms with van der Waals surface area (Å²) in [5.74, 6) is 2.08. The average Bonchev–Trinajstić information content (AvgIpc) is 2.36. The van der Waals surface area contributed by atoms with Crippen LogP contribution in [0.1, 0.15) is 12.7 Å².